The van der Waals surface area contributed by atoms with Crippen molar-refractivity contribution in [3.05, 3.63) is 59.7 Å². The third kappa shape index (κ3) is 3.39. The third-order valence-electron chi connectivity index (χ3n) is 5.00. The summed E-state index contributed by atoms with van der Waals surface area (Å²) in [7, 11) is 0. The van der Waals surface area contributed by atoms with Gasteiger partial charge in [0.05, 0.1) is 23.5 Å². The number of rotatable bonds is 3. The molecule has 2 aliphatic heterocycles. The molecule has 2 aromatic carbocycles. The van der Waals surface area contributed by atoms with E-state index >= 15 is 0 Å². The third-order valence-corrected chi connectivity index (χ3v) is 5.99. The molecule has 0 aliphatic carbocycles. The number of para-hydroxylation sites is 2. The number of nitrogens with zero attached hydrogens (tertiary/aromatic N) is 1. The van der Waals surface area contributed by atoms with Crippen LogP contribution in [0.25, 0.3) is 0 Å². The van der Waals surface area contributed by atoms with Crippen LogP contribution in [0.5, 0.6) is 0 Å². The molecule has 2 aliphatic rings. The first kappa shape index (κ1) is 16.5. The maximum atomic E-state index is 5.76. The molecule has 2 aromatic rings. The van der Waals surface area contributed by atoms with Gasteiger partial charge >= 0.3 is 0 Å². The highest BCUT2D eigenvalue weighted by Crippen LogP contribution is 2.38. The van der Waals surface area contributed by atoms with Crippen molar-refractivity contribution in [2.45, 2.75) is 31.5 Å². The van der Waals surface area contributed by atoms with Crippen molar-refractivity contribution in [3.63, 3.8) is 0 Å². The Morgan fingerprint density at radius 1 is 1.00 bits per heavy atom. The monoisotopic (exact) mass is 352 g/mol. The number of nitrogens with two attached hydrogens (primary N) is 1. The standard InChI is InChI=1S/C20H24N4S/c21-13-15-4-3-5-16(12-15)14-22-19-20(8-10-25-11-9-20)24-18-7-2-1-6-17(18)23-19/h1-7,12,24H,8-11,13-14,21H2,(H,22,23). The summed E-state index contributed by atoms with van der Waals surface area (Å²) in [6.45, 7) is 1.24. The molecule has 4 N–H and O–H groups in total. The molecule has 0 saturated carbocycles. The fraction of sp³-hybridized carbons (Fsp3) is 0.350. The molecule has 0 radical (unpaired) electrons. The van der Waals surface area contributed by atoms with Crippen LogP contribution >= 0.6 is 11.8 Å². The number of amidine groups is 1. The predicted octanol–water partition coefficient (Wildman–Crippen LogP) is 3.85. The van der Waals surface area contributed by atoms with E-state index in [4.69, 9.17) is 10.7 Å². The molecule has 130 valence electrons. The van der Waals surface area contributed by atoms with Gasteiger partial charge in [-0.1, -0.05) is 36.4 Å². The van der Waals surface area contributed by atoms with Crippen LogP contribution in [0.4, 0.5) is 11.4 Å². The second-order valence-electron chi connectivity index (χ2n) is 6.68. The van der Waals surface area contributed by atoms with Crippen molar-refractivity contribution in [1.82, 2.24) is 0 Å². The van der Waals surface area contributed by atoms with E-state index in [-0.39, 0.29) is 5.54 Å². The summed E-state index contributed by atoms with van der Waals surface area (Å²) in [5.41, 5.74) is 10.3. The Labute approximate surface area is 153 Å². The van der Waals surface area contributed by atoms with Crippen molar-refractivity contribution >= 4 is 29.0 Å². The van der Waals surface area contributed by atoms with Gasteiger partial charge in [-0.25, -0.2) is 0 Å². The molecule has 0 unspecified atom stereocenters. The molecular weight excluding hydrogens is 328 g/mol. The lowest BCUT2D eigenvalue weighted by Gasteiger charge is -2.43. The lowest BCUT2D eigenvalue weighted by atomic mass is 9.87. The summed E-state index contributed by atoms with van der Waals surface area (Å²) in [4.78, 5) is 5.00. The van der Waals surface area contributed by atoms with Crippen molar-refractivity contribution in [2.75, 3.05) is 22.1 Å². The van der Waals surface area contributed by atoms with E-state index in [1.807, 2.05) is 11.8 Å². The van der Waals surface area contributed by atoms with Gasteiger partial charge in [-0.2, -0.15) is 11.8 Å². The molecule has 5 heteroatoms. The number of aliphatic imine (C=N–C) groups is 1. The smallest absolute Gasteiger partial charge is 0.127 e. The normalized spacial score (nSPS) is 20.0. The average Bonchev–Trinajstić information content (AvgIpc) is 2.67. The number of nitrogens with one attached hydrogen (secondary N) is 2. The molecule has 0 bridgehead atoms. The summed E-state index contributed by atoms with van der Waals surface area (Å²) in [6, 6.07) is 16.8. The second kappa shape index (κ2) is 7.10. The summed E-state index contributed by atoms with van der Waals surface area (Å²) in [5, 5.41) is 7.40. The molecule has 4 rings (SSSR count). The molecule has 0 amide bonds. The zero-order chi connectivity index (χ0) is 17.1. The Kier molecular flexibility index (Phi) is 4.68. The van der Waals surface area contributed by atoms with E-state index in [2.05, 4.69) is 59.2 Å². The highest BCUT2D eigenvalue weighted by Gasteiger charge is 2.40. The molecule has 2 heterocycles. The number of fused-ring (bicyclic) bond motifs is 1. The minimum Gasteiger partial charge on any atom is -0.371 e. The lowest BCUT2D eigenvalue weighted by Crippen LogP contribution is -2.54. The van der Waals surface area contributed by atoms with Gasteiger partial charge in [0.25, 0.3) is 0 Å². The first-order chi connectivity index (χ1) is 12.3. The fourth-order valence-corrected chi connectivity index (χ4v) is 4.75. The van der Waals surface area contributed by atoms with Gasteiger partial charge in [-0.15, -0.1) is 0 Å². The van der Waals surface area contributed by atoms with E-state index in [0.29, 0.717) is 13.1 Å². The van der Waals surface area contributed by atoms with Gasteiger partial charge in [0.1, 0.15) is 5.84 Å². The number of benzene rings is 2. The van der Waals surface area contributed by atoms with Gasteiger partial charge in [-0.3, -0.25) is 4.99 Å². The highest BCUT2D eigenvalue weighted by atomic mass is 32.2. The van der Waals surface area contributed by atoms with Gasteiger partial charge in [0.15, 0.2) is 0 Å². The zero-order valence-corrected chi connectivity index (χ0v) is 15.1. The van der Waals surface area contributed by atoms with E-state index in [1.165, 1.54) is 22.8 Å². The Hall–Kier alpha value is -1.98. The molecule has 4 nitrogen and oxygen atoms in total. The van der Waals surface area contributed by atoms with E-state index in [0.717, 1.165) is 29.9 Å². The van der Waals surface area contributed by atoms with Crippen LogP contribution in [0.1, 0.15) is 24.0 Å². The van der Waals surface area contributed by atoms with E-state index in [9.17, 15) is 0 Å². The highest BCUT2D eigenvalue weighted by molar-refractivity contribution is 7.99. The Morgan fingerprint density at radius 2 is 1.76 bits per heavy atom. The first-order valence-corrected chi connectivity index (χ1v) is 9.99. The van der Waals surface area contributed by atoms with Crippen molar-refractivity contribution in [1.29, 1.82) is 0 Å². The van der Waals surface area contributed by atoms with Gasteiger partial charge in [-0.05, 0) is 47.6 Å². The summed E-state index contributed by atoms with van der Waals surface area (Å²) < 4.78 is 0. The van der Waals surface area contributed by atoms with Crippen LogP contribution in [-0.2, 0) is 13.1 Å². The molecule has 0 atom stereocenters. The molecule has 25 heavy (non-hydrogen) atoms. The predicted molar refractivity (Wildman–Crippen MR) is 108 cm³/mol. The van der Waals surface area contributed by atoms with Crippen LogP contribution in [-0.4, -0.2) is 22.9 Å². The van der Waals surface area contributed by atoms with Crippen molar-refractivity contribution in [2.24, 2.45) is 10.7 Å². The first-order valence-electron chi connectivity index (χ1n) is 8.84. The Balaban J connectivity index is 1.65. The second-order valence-corrected chi connectivity index (χ2v) is 7.90. The fourth-order valence-electron chi connectivity index (χ4n) is 3.56. The lowest BCUT2D eigenvalue weighted by molar-refractivity contribution is 0.559. The Bertz CT molecular complexity index is 781. The quantitative estimate of drug-likeness (QED) is 0.785. The number of thioether (sulfide) groups is 1. The maximum absolute atomic E-state index is 5.76. The Morgan fingerprint density at radius 3 is 2.56 bits per heavy atom. The molecule has 1 fully saturated rings. The SMILES string of the molecule is NCc1cccc(CN=C2Nc3ccccc3NC23CCSCC3)c1. The number of hydrogen-bond acceptors (Lipinski definition) is 4. The minimum atomic E-state index is -0.0644. The van der Waals surface area contributed by atoms with E-state index < -0.39 is 0 Å². The summed E-state index contributed by atoms with van der Waals surface area (Å²) in [5.74, 6) is 3.40. The molecule has 1 saturated heterocycles. The van der Waals surface area contributed by atoms with Crippen molar-refractivity contribution < 1.29 is 0 Å². The molecule has 1 spiro atoms. The van der Waals surface area contributed by atoms with Crippen LogP contribution < -0.4 is 16.4 Å². The van der Waals surface area contributed by atoms with Gasteiger partial charge in [0, 0.05) is 6.54 Å². The van der Waals surface area contributed by atoms with Gasteiger partial charge < -0.3 is 16.4 Å². The number of anilines is 2. The average molecular weight is 353 g/mol. The van der Waals surface area contributed by atoms with Crippen LogP contribution in [0.15, 0.2) is 53.5 Å². The van der Waals surface area contributed by atoms with Gasteiger partial charge in [0.2, 0.25) is 0 Å². The van der Waals surface area contributed by atoms with Crippen LogP contribution in [0.3, 0.4) is 0 Å². The molecular formula is C20H24N4S. The van der Waals surface area contributed by atoms with Crippen molar-refractivity contribution in [3.8, 4) is 0 Å². The minimum absolute atomic E-state index is 0.0644. The topological polar surface area (TPSA) is 62.4 Å². The summed E-state index contributed by atoms with van der Waals surface area (Å²) in [6.07, 6.45) is 2.20. The van der Waals surface area contributed by atoms with Crippen LogP contribution in [0.2, 0.25) is 0 Å². The molecule has 0 aromatic heterocycles. The largest absolute Gasteiger partial charge is 0.371 e. The maximum Gasteiger partial charge on any atom is 0.127 e. The zero-order valence-electron chi connectivity index (χ0n) is 14.3. The van der Waals surface area contributed by atoms with E-state index in [1.54, 1.807) is 0 Å². The summed E-state index contributed by atoms with van der Waals surface area (Å²) >= 11 is 2.03. The number of hydrogen-bond donors (Lipinski definition) is 3. The van der Waals surface area contributed by atoms with Crippen LogP contribution in [0, 0.1) is 0 Å².